The molecule has 8 nitrogen and oxygen atoms in total. The predicted octanol–water partition coefficient (Wildman–Crippen LogP) is 3.92. The monoisotopic (exact) mass is 475 g/mol. The van der Waals surface area contributed by atoms with Crippen LogP contribution in [0.4, 0.5) is 11.4 Å². The number of nitrogens with one attached hydrogen (secondary N) is 1. The molecule has 1 aliphatic rings. The van der Waals surface area contributed by atoms with Crippen LogP contribution in [0.15, 0.2) is 30.3 Å². The Labute approximate surface area is 199 Å². The second kappa shape index (κ2) is 10.7. The van der Waals surface area contributed by atoms with E-state index in [0.717, 1.165) is 5.69 Å². The van der Waals surface area contributed by atoms with Gasteiger partial charge < -0.3 is 29.3 Å². The maximum atomic E-state index is 13.1. The van der Waals surface area contributed by atoms with E-state index in [1.54, 1.807) is 24.3 Å². The number of halogens is 1. The molecule has 1 aliphatic heterocycles. The van der Waals surface area contributed by atoms with Gasteiger partial charge >= 0.3 is 0 Å². The molecule has 1 fully saturated rings. The zero-order chi connectivity index (χ0) is 24.1. The third kappa shape index (κ3) is 5.45. The fourth-order valence-electron chi connectivity index (χ4n) is 3.82. The van der Waals surface area contributed by atoms with Gasteiger partial charge in [0.1, 0.15) is 0 Å². The number of ether oxygens (including phenoxy) is 3. The number of nitrogens with zero attached hydrogens (tertiary/aromatic N) is 2. The van der Waals surface area contributed by atoms with Gasteiger partial charge in [0.05, 0.1) is 32.7 Å². The maximum Gasteiger partial charge on any atom is 0.255 e. The Bertz CT molecular complexity index is 994. The number of carbonyl (C=O) groups excluding carboxylic acids is 2. The van der Waals surface area contributed by atoms with Crippen molar-refractivity contribution in [3.63, 3.8) is 0 Å². The molecule has 2 aromatic rings. The first-order valence-corrected chi connectivity index (χ1v) is 11.1. The van der Waals surface area contributed by atoms with Crippen LogP contribution in [0.25, 0.3) is 0 Å². The summed E-state index contributed by atoms with van der Waals surface area (Å²) in [5.74, 6) is 0.973. The highest BCUT2D eigenvalue weighted by atomic mass is 35.5. The van der Waals surface area contributed by atoms with Crippen molar-refractivity contribution < 1.29 is 23.8 Å². The lowest BCUT2D eigenvalue weighted by Crippen LogP contribution is -2.50. The van der Waals surface area contributed by atoms with E-state index in [-0.39, 0.29) is 17.7 Å². The first kappa shape index (κ1) is 24.5. The summed E-state index contributed by atoms with van der Waals surface area (Å²) >= 11 is 6.24. The van der Waals surface area contributed by atoms with Gasteiger partial charge in [-0.25, -0.2) is 0 Å². The standard InChI is InChI=1S/C24H30ClN3O5/c1-15(2)24(30)28-10-8-27(9-11-28)19-7-6-17(25)14-18(19)26-23(29)16-12-20(31-3)22(33-5)21(13-16)32-4/h6-7,12-15H,8-11H2,1-5H3,(H,26,29). The number of piperazine rings is 1. The second-order valence-corrected chi connectivity index (χ2v) is 8.43. The number of hydrogen-bond acceptors (Lipinski definition) is 6. The molecule has 1 saturated heterocycles. The Kier molecular flexibility index (Phi) is 7.92. The third-order valence-electron chi connectivity index (χ3n) is 5.56. The van der Waals surface area contributed by atoms with Crippen LogP contribution in [0, 0.1) is 5.92 Å². The van der Waals surface area contributed by atoms with Gasteiger partial charge in [-0.3, -0.25) is 9.59 Å². The van der Waals surface area contributed by atoms with Crippen LogP contribution in [0.1, 0.15) is 24.2 Å². The summed E-state index contributed by atoms with van der Waals surface area (Å²) in [4.78, 5) is 29.5. The van der Waals surface area contributed by atoms with Crippen molar-refractivity contribution in [2.24, 2.45) is 5.92 Å². The molecule has 1 heterocycles. The molecule has 0 atom stereocenters. The molecule has 3 rings (SSSR count). The largest absolute Gasteiger partial charge is 0.493 e. The summed E-state index contributed by atoms with van der Waals surface area (Å²) in [6, 6.07) is 8.58. The van der Waals surface area contributed by atoms with Crippen LogP contribution in [0.5, 0.6) is 17.2 Å². The average molecular weight is 476 g/mol. The summed E-state index contributed by atoms with van der Waals surface area (Å²) in [6.07, 6.45) is 0. The van der Waals surface area contributed by atoms with Crippen LogP contribution in [0.3, 0.4) is 0 Å². The quantitative estimate of drug-likeness (QED) is 0.653. The van der Waals surface area contributed by atoms with E-state index < -0.39 is 0 Å². The van der Waals surface area contributed by atoms with Gasteiger partial charge in [0.2, 0.25) is 11.7 Å². The fourth-order valence-corrected chi connectivity index (χ4v) is 4.00. The Morgan fingerprint density at radius 3 is 2.06 bits per heavy atom. The van der Waals surface area contributed by atoms with E-state index in [1.807, 2.05) is 24.8 Å². The zero-order valence-electron chi connectivity index (χ0n) is 19.6. The van der Waals surface area contributed by atoms with E-state index in [2.05, 4.69) is 10.2 Å². The number of anilines is 2. The van der Waals surface area contributed by atoms with Crippen LogP contribution in [-0.4, -0.2) is 64.2 Å². The Morgan fingerprint density at radius 2 is 1.55 bits per heavy atom. The van der Waals surface area contributed by atoms with Crippen molar-refractivity contribution in [2.75, 3.05) is 57.7 Å². The van der Waals surface area contributed by atoms with E-state index in [4.69, 9.17) is 25.8 Å². The Morgan fingerprint density at radius 1 is 0.939 bits per heavy atom. The molecule has 178 valence electrons. The summed E-state index contributed by atoms with van der Waals surface area (Å²) in [7, 11) is 4.50. The highest BCUT2D eigenvalue weighted by Gasteiger charge is 2.25. The van der Waals surface area contributed by atoms with Gasteiger partial charge in [0, 0.05) is 42.7 Å². The van der Waals surface area contributed by atoms with Crippen molar-refractivity contribution in [2.45, 2.75) is 13.8 Å². The normalized spacial score (nSPS) is 13.7. The van der Waals surface area contributed by atoms with Gasteiger partial charge in [-0.05, 0) is 30.3 Å². The molecule has 0 aliphatic carbocycles. The number of carbonyl (C=O) groups is 2. The van der Waals surface area contributed by atoms with E-state index in [0.29, 0.717) is 59.7 Å². The second-order valence-electron chi connectivity index (χ2n) is 8.00. The topological polar surface area (TPSA) is 80.3 Å². The van der Waals surface area contributed by atoms with Crippen LogP contribution in [-0.2, 0) is 4.79 Å². The molecule has 0 spiro atoms. The summed E-state index contributed by atoms with van der Waals surface area (Å²) < 4.78 is 16.0. The van der Waals surface area contributed by atoms with Gasteiger partial charge in [-0.15, -0.1) is 0 Å². The lowest BCUT2D eigenvalue weighted by molar-refractivity contribution is -0.134. The van der Waals surface area contributed by atoms with Crippen molar-refractivity contribution in [1.82, 2.24) is 4.90 Å². The van der Waals surface area contributed by atoms with Gasteiger partial charge in [0.15, 0.2) is 11.5 Å². The number of hydrogen-bond donors (Lipinski definition) is 1. The number of benzene rings is 2. The molecule has 33 heavy (non-hydrogen) atoms. The van der Waals surface area contributed by atoms with Crippen molar-refractivity contribution in [3.8, 4) is 17.2 Å². The minimum absolute atomic E-state index is 0.0274. The SMILES string of the molecule is COc1cc(C(=O)Nc2cc(Cl)ccc2N2CCN(C(=O)C(C)C)CC2)cc(OC)c1OC. The predicted molar refractivity (Wildman–Crippen MR) is 129 cm³/mol. The molecular formula is C24H30ClN3O5. The minimum Gasteiger partial charge on any atom is -0.493 e. The summed E-state index contributed by atoms with van der Waals surface area (Å²) in [5.41, 5.74) is 1.78. The molecule has 0 aromatic heterocycles. The average Bonchev–Trinajstić information content (AvgIpc) is 2.82. The van der Waals surface area contributed by atoms with Gasteiger partial charge in [-0.1, -0.05) is 25.4 Å². The van der Waals surface area contributed by atoms with E-state index >= 15 is 0 Å². The minimum atomic E-state index is -0.341. The fraction of sp³-hybridized carbons (Fsp3) is 0.417. The number of rotatable bonds is 7. The molecule has 0 radical (unpaired) electrons. The zero-order valence-corrected chi connectivity index (χ0v) is 20.4. The van der Waals surface area contributed by atoms with Crippen LogP contribution >= 0.6 is 11.6 Å². The highest BCUT2D eigenvalue weighted by molar-refractivity contribution is 6.31. The first-order chi connectivity index (χ1) is 15.8. The van der Waals surface area contributed by atoms with Crippen LogP contribution < -0.4 is 24.4 Å². The lowest BCUT2D eigenvalue weighted by atomic mass is 10.1. The Hall–Kier alpha value is -3.13. The molecule has 0 bridgehead atoms. The lowest BCUT2D eigenvalue weighted by Gasteiger charge is -2.37. The number of methoxy groups -OCH3 is 3. The molecule has 2 amide bonds. The number of amides is 2. The van der Waals surface area contributed by atoms with Crippen molar-refractivity contribution in [1.29, 1.82) is 0 Å². The summed E-state index contributed by atoms with van der Waals surface area (Å²) in [5, 5.41) is 3.47. The van der Waals surface area contributed by atoms with Crippen molar-refractivity contribution >= 4 is 34.8 Å². The molecule has 2 aromatic carbocycles. The molecular weight excluding hydrogens is 446 g/mol. The van der Waals surface area contributed by atoms with Crippen molar-refractivity contribution in [3.05, 3.63) is 40.9 Å². The third-order valence-corrected chi connectivity index (χ3v) is 5.79. The smallest absolute Gasteiger partial charge is 0.255 e. The van der Waals surface area contributed by atoms with Crippen LogP contribution in [0.2, 0.25) is 5.02 Å². The van der Waals surface area contributed by atoms with Gasteiger partial charge in [-0.2, -0.15) is 0 Å². The Balaban J connectivity index is 1.83. The first-order valence-electron chi connectivity index (χ1n) is 10.7. The molecule has 0 unspecified atom stereocenters. The molecule has 9 heteroatoms. The van der Waals surface area contributed by atoms with E-state index in [9.17, 15) is 9.59 Å². The summed E-state index contributed by atoms with van der Waals surface area (Å²) in [6.45, 7) is 6.38. The molecule has 0 saturated carbocycles. The van der Waals surface area contributed by atoms with E-state index in [1.165, 1.54) is 21.3 Å². The highest BCUT2D eigenvalue weighted by Crippen LogP contribution is 2.39. The maximum absolute atomic E-state index is 13.1. The molecule has 1 N–H and O–H groups in total. The van der Waals surface area contributed by atoms with Gasteiger partial charge in [0.25, 0.3) is 5.91 Å².